The molecule has 0 heterocycles. The number of amides is 1. The second kappa shape index (κ2) is 9.02. The minimum absolute atomic E-state index is 0.0833. The van der Waals surface area contributed by atoms with Gasteiger partial charge in [-0.1, -0.05) is 22.9 Å². The number of halogens is 1. The van der Waals surface area contributed by atoms with E-state index in [0.717, 1.165) is 16.5 Å². The Morgan fingerprint density at radius 3 is 2.81 bits per heavy atom. The fraction of sp³-hybridized carbons (Fsp3) is 0.533. The summed E-state index contributed by atoms with van der Waals surface area (Å²) in [5, 5.41) is 16.0. The van der Waals surface area contributed by atoms with Crippen molar-refractivity contribution in [1.29, 1.82) is 0 Å². The highest BCUT2D eigenvalue weighted by Crippen LogP contribution is 2.29. The maximum absolute atomic E-state index is 12.0. The average Bonchev–Trinajstić information content (AvgIpc) is 2.47. The fourth-order valence-corrected chi connectivity index (χ4v) is 2.42. The van der Waals surface area contributed by atoms with Gasteiger partial charge < -0.3 is 15.2 Å². The molecule has 0 fully saturated rings. The second-order valence-corrected chi connectivity index (χ2v) is 5.75. The zero-order chi connectivity index (χ0) is 15.8. The predicted molar refractivity (Wildman–Crippen MR) is 86.3 cm³/mol. The number of benzene rings is 1. The van der Waals surface area contributed by atoms with Crippen LogP contribution in [0.5, 0.6) is 5.75 Å². The van der Waals surface area contributed by atoms with E-state index in [9.17, 15) is 9.90 Å². The van der Waals surface area contributed by atoms with Gasteiger partial charge in [-0.05, 0) is 31.5 Å². The molecule has 0 aliphatic carbocycles. The summed E-state index contributed by atoms with van der Waals surface area (Å²) in [6, 6.07) is 4.85. The van der Waals surface area contributed by atoms with Crippen molar-refractivity contribution in [3.05, 3.63) is 28.2 Å². The van der Waals surface area contributed by atoms with Crippen LogP contribution >= 0.6 is 15.9 Å². The number of hydrogen-bond donors (Lipinski definition) is 3. The average molecular weight is 359 g/mol. The van der Waals surface area contributed by atoms with E-state index < -0.39 is 0 Å². The maximum atomic E-state index is 12.0. The Labute approximate surface area is 134 Å². The van der Waals surface area contributed by atoms with Gasteiger partial charge in [0.2, 0.25) is 5.91 Å². The lowest BCUT2D eigenvalue weighted by atomic mass is 10.0. The van der Waals surface area contributed by atoms with Gasteiger partial charge in [-0.15, -0.1) is 0 Å². The summed E-state index contributed by atoms with van der Waals surface area (Å²) in [4.78, 5) is 12.0. The van der Waals surface area contributed by atoms with E-state index in [2.05, 4.69) is 26.6 Å². The molecule has 3 N–H and O–H groups in total. The summed E-state index contributed by atoms with van der Waals surface area (Å²) in [5.41, 5.74) is 0.781. The summed E-state index contributed by atoms with van der Waals surface area (Å²) in [5.74, 6) is 0.143. The highest BCUT2D eigenvalue weighted by Gasteiger charge is 2.20. The second-order valence-electron chi connectivity index (χ2n) is 4.84. The first-order chi connectivity index (χ1) is 9.99. The predicted octanol–water partition coefficient (Wildman–Crippen LogP) is 2.35. The van der Waals surface area contributed by atoms with E-state index in [1.165, 1.54) is 0 Å². The molecule has 5 nitrogen and oxygen atoms in total. The van der Waals surface area contributed by atoms with Crippen LogP contribution in [-0.4, -0.2) is 37.3 Å². The van der Waals surface area contributed by atoms with Crippen molar-refractivity contribution in [2.45, 2.75) is 32.4 Å². The van der Waals surface area contributed by atoms with Crippen LogP contribution in [0.1, 0.15) is 31.9 Å². The Kier molecular flexibility index (Phi) is 7.71. The van der Waals surface area contributed by atoms with Crippen LogP contribution in [0.25, 0.3) is 0 Å². The molecular formula is C15H23BrN2O3. The molecular weight excluding hydrogens is 336 g/mol. The molecule has 21 heavy (non-hydrogen) atoms. The number of phenols is 1. The standard InChI is InChI=1S/C15H23BrN2O3/c1-4-13(12-9-11(16)5-6-14(12)19)18-10(2)15(20)17-7-8-21-3/h5-6,9-10,13,18-19H,4,7-8H2,1-3H3,(H,17,20). The van der Waals surface area contributed by atoms with Crippen LogP contribution in [0.2, 0.25) is 0 Å². The number of phenolic OH excluding ortho intramolecular Hbond substituents is 1. The van der Waals surface area contributed by atoms with Crippen molar-refractivity contribution in [3.63, 3.8) is 0 Å². The van der Waals surface area contributed by atoms with E-state index >= 15 is 0 Å². The van der Waals surface area contributed by atoms with Crippen LogP contribution in [0, 0.1) is 0 Å². The molecule has 118 valence electrons. The summed E-state index contributed by atoms with van der Waals surface area (Å²) in [6.45, 7) is 4.79. The molecule has 0 aliphatic rings. The smallest absolute Gasteiger partial charge is 0.236 e. The van der Waals surface area contributed by atoms with E-state index in [1.807, 2.05) is 13.0 Å². The van der Waals surface area contributed by atoms with E-state index in [1.54, 1.807) is 26.2 Å². The number of aromatic hydroxyl groups is 1. The third-order valence-electron chi connectivity index (χ3n) is 3.22. The summed E-state index contributed by atoms with van der Waals surface area (Å²) < 4.78 is 5.80. The Hall–Kier alpha value is -1.11. The molecule has 0 bridgehead atoms. The normalized spacial score (nSPS) is 13.7. The van der Waals surface area contributed by atoms with Crippen molar-refractivity contribution in [2.75, 3.05) is 20.3 Å². The molecule has 0 aliphatic heterocycles. The van der Waals surface area contributed by atoms with E-state index in [0.29, 0.717) is 13.2 Å². The maximum Gasteiger partial charge on any atom is 0.236 e. The molecule has 2 unspecified atom stereocenters. The van der Waals surface area contributed by atoms with Crippen LogP contribution in [0.4, 0.5) is 0 Å². The number of nitrogens with one attached hydrogen (secondary N) is 2. The molecule has 1 rings (SSSR count). The molecule has 0 spiro atoms. The van der Waals surface area contributed by atoms with Gasteiger partial charge in [0.05, 0.1) is 12.6 Å². The van der Waals surface area contributed by atoms with Crippen molar-refractivity contribution in [1.82, 2.24) is 10.6 Å². The van der Waals surface area contributed by atoms with E-state index in [-0.39, 0.29) is 23.7 Å². The van der Waals surface area contributed by atoms with Gasteiger partial charge >= 0.3 is 0 Å². The molecule has 1 aromatic rings. The Morgan fingerprint density at radius 2 is 2.19 bits per heavy atom. The first-order valence-corrected chi connectivity index (χ1v) is 7.80. The molecule has 0 saturated carbocycles. The van der Waals surface area contributed by atoms with E-state index in [4.69, 9.17) is 4.74 Å². The highest BCUT2D eigenvalue weighted by molar-refractivity contribution is 9.10. The summed E-state index contributed by atoms with van der Waals surface area (Å²) >= 11 is 3.40. The first-order valence-electron chi connectivity index (χ1n) is 7.00. The van der Waals surface area contributed by atoms with Gasteiger partial charge in [0.1, 0.15) is 5.75 Å². The quantitative estimate of drug-likeness (QED) is 0.623. The Bertz CT molecular complexity index is 468. The van der Waals surface area contributed by atoms with Gasteiger partial charge in [0.15, 0.2) is 0 Å². The molecule has 0 radical (unpaired) electrons. The highest BCUT2D eigenvalue weighted by atomic mass is 79.9. The number of methoxy groups -OCH3 is 1. The third-order valence-corrected chi connectivity index (χ3v) is 3.72. The molecule has 1 aromatic carbocycles. The van der Waals surface area contributed by atoms with Gasteiger partial charge in [0, 0.05) is 29.7 Å². The number of ether oxygens (including phenoxy) is 1. The zero-order valence-corrected chi connectivity index (χ0v) is 14.2. The SMILES string of the molecule is CCC(NC(C)C(=O)NCCOC)c1cc(Br)ccc1O. The number of hydrogen-bond acceptors (Lipinski definition) is 4. The van der Waals surface area contributed by atoms with Crippen molar-refractivity contribution < 1.29 is 14.6 Å². The first kappa shape index (κ1) is 17.9. The lowest BCUT2D eigenvalue weighted by Crippen LogP contribution is -2.44. The van der Waals surface area contributed by atoms with Crippen molar-refractivity contribution in [2.24, 2.45) is 0 Å². The fourth-order valence-electron chi connectivity index (χ4n) is 2.04. The molecule has 1 amide bonds. The molecule has 0 saturated heterocycles. The van der Waals surface area contributed by atoms with Crippen LogP contribution in [0.3, 0.4) is 0 Å². The van der Waals surface area contributed by atoms with Gasteiger partial charge in [-0.3, -0.25) is 10.1 Å². The van der Waals surface area contributed by atoms with Crippen molar-refractivity contribution >= 4 is 21.8 Å². The van der Waals surface area contributed by atoms with Crippen LogP contribution < -0.4 is 10.6 Å². The monoisotopic (exact) mass is 358 g/mol. The van der Waals surface area contributed by atoms with Crippen LogP contribution in [-0.2, 0) is 9.53 Å². The minimum Gasteiger partial charge on any atom is -0.508 e. The van der Waals surface area contributed by atoms with Gasteiger partial charge in [-0.2, -0.15) is 0 Å². The third kappa shape index (κ3) is 5.65. The Morgan fingerprint density at radius 1 is 1.48 bits per heavy atom. The topological polar surface area (TPSA) is 70.6 Å². The summed E-state index contributed by atoms with van der Waals surface area (Å²) in [6.07, 6.45) is 0.764. The molecule has 2 atom stereocenters. The summed E-state index contributed by atoms with van der Waals surface area (Å²) in [7, 11) is 1.59. The zero-order valence-electron chi connectivity index (χ0n) is 12.6. The largest absolute Gasteiger partial charge is 0.508 e. The van der Waals surface area contributed by atoms with Gasteiger partial charge in [-0.25, -0.2) is 0 Å². The number of carbonyl (C=O) groups excluding carboxylic acids is 1. The molecule has 6 heteroatoms. The lowest BCUT2D eigenvalue weighted by Gasteiger charge is -2.23. The number of rotatable bonds is 8. The van der Waals surface area contributed by atoms with Crippen molar-refractivity contribution in [3.8, 4) is 5.75 Å². The van der Waals surface area contributed by atoms with Crippen LogP contribution in [0.15, 0.2) is 22.7 Å². The number of carbonyl (C=O) groups is 1. The Balaban J connectivity index is 2.68. The lowest BCUT2D eigenvalue weighted by molar-refractivity contribution is -0.123. The minimum atomic E-state index is -0.356. The van der Waals surface area contributed by atoms with Gasteiger partial charge in [0.25, 0.3) is 0 Å². The molecule has 0 aromatic heterocycles.